The van der Waals surface area contributed by atoms with Gasteiger partial charge in [-0.25, -0.2) is 0 Å². The summed E-state index contributed by atoms with van der Waals surface area (Å²) in [5, 5.41) is 0. The van der Waals surface area contributed by atoms with Crippen molar-refractivity contribution >= 4 is 24.8 Å². The van der Waals surface area contributed by atoms with E-state index in [1.54, 1.807) is 0 Å². The SMILES string of the molecule is Cl.Cl.NCC1(N)CC(F)(F)C1(F)F. The molecule has 0 aromatic rings. The molecule has 0 aromatic carbocycles. The van der Waals surface area contributed by atoms with E-state index >= 15 is 0 Å². The largest absolute Gasteiger partial charge is 0.329 e. The van der Waals surface area contributed by atoms with Crippen molar-refractivity contribution in [2.45, 2.75) is 23.8 Å². The summed E-state index contributed by atoms with van der Waals surface area (Å²) in [4.78, 5) is 0. The fourth-order valence-corrected chi connectivity index (χ4v) is 1.08. The van der Waals surface area contributed by atoms with Crippen LogP contribution in [0, 0.1) is 0 Å². The van der Waals surface area contributed by atoms with Crippen molar-refractivity contribution in [2.24, 2.45) is 11.5 Å². The molecular formula is C5H10Cl2F4N2. The Morgan fingerprint density at radius 2 is 1.46 bits per heavy atom. The monoisotopic (exact) mass is 244 g/mol. The first kappa shape index (κ1) is 15.7. The fourth-order valence-electron chi connectivity index (χ4n) is 1.08. The van der Waals surface area contributed by atoms with Gasteiger partial charge in [0.1, 0.15) is 5.54 Å². The summed E-state index contributed by atoms with van der Waals surface area (Å²) in [5.41, 5.74) is 7.52. The molecule has 1 aliphatic rings. The minimum absolute atomic E-state index is 0. The highest BCUT2D eigenvalue weighted by Gasteiger charge is 2.78. The van der Waals surface area contributed by atoms with E-state index in [1.165, 1.54) is 0 Å². The van der Waals surface area contributed by atoms with Gasteiger partial charge in [0.15, 0.2) is 0 Å². The van der Waals surface area contributed by atoms with Crippen LogP contribution in [-0.2, 0) is 0 Å². The van der Waals surface area contributed by atoms with E-state index in [-0.39, 0.29) is 24.8 Å². The molecule has 0 aromatic heterocycles. The molecule has 0 aliphatic heterocycles. The summed E-state index contributed by atoms with van der Waals surface area (Å²) in [7, 11) is 0. The van der Waals surface area contributed by atoms with E-state index in [0.29, 0.717) is 0 Å². The van der Waals surface area contributed by atoms with Gasteiger partial charge in [0.25, 0.3) is 0 Å². The first-order valence-electron chi connectivity index (χ1n) is 3.01. The smallest absolute Gasteiger partial charge is 0.328 e. The molecule has 2 nitrogen and oxygen atoms in total. The van der Waals surface area contributed by atoms with Crippen molar-refractivity contribution < 1.29 is 17.6 Å². The molecule has 82 valence electrons. The Bertz CT molecular complexity index is 189. The second-order valence-electron chi connectivity index (χ2n) is 2.82. The van der Waals surface area contributed by atoms with Gasteiger partial charge in [0.2, 0.25) is 0 Å². The quantitative estimate of drug-likeness (QED) is 0.681. The number of nitrogens with two attached hydrogens (primary N) is 2. The topological polar surface area (TPSA) is 52.0 Å². The van der Waals surface area contributed by atoms with Crippen LogP contribution < -0.4 is 11.5 Å². The van der Waals surface area contributed by atoms with Crippen LogP contribution in [-0.4, -0.2) is 23.9 Å². The molecule has 0 amide bonds. The summed E-state index contributed by atoms with van der Waals surface area (Å²) in [5.74, 6) is -8.14. The Hall–Kier alpha value is 0.220. The molecule has 0 bridgehead atoms. The van der Waals surface area contributed by atoms with Gasteiger partial charge in [-0.15, -0.1) is 24.8 Å². The molecule has 0 saturated heterocycles. The molecule has 1 rings (SSSR count). The lowest BCUT2D eigenvalue weighted by Crippen LogP contribution is -2.78. The highest BCUT2D eigenvalue weighted by Crippen LogP contribution is 2.55. The molecule has 1 aliphatic carbocycles. The molecule has 0 radical (unpaired) electrons. The minimum Gasteiger partial charge on any atom is -0.328 e. The van der Waals surface area contributed by atoms with Crippen LogP contribution in [0.5, 0.6) is 0 Å². The molecular weight excluding hydrogens is 235 g/mol. The maximum Gasteiger partial charge on any atom is 0.329 e. The molecule has 1 atom stereocenters. The van der Waals surface area contributed by atoms with Crippen molar-refractivity contribution in [1.82, 2.24) is 0 Å². The van der Waals surface area contributed by atoms with E-state index in [1.807, 2.05) is 0 Å². The summed E-state index contributed by atoms with van der Waals surface area (Å²) in [6.07, 6.45) is -1.04. The van der Waals surface area contributed by atoms with E-state index in [0.717, 1.165) is 0 Å². The third-order valence-electron chi connectivity index (χ3n) is 1.99. The molecule has 1 unspecified atom stereocenters. The highest BCUT2D eigenvalue weighted by atomic mass is 35.5. The molecule has 8 heteroatoms. The van der Waals surface area contributed by atoms with Gasteiger partial charge >= 0.3 is 11.8 Å². The summed E-state index contributed by atoms with van der Waals surface area (Å²) in [6.45, 7) is -0.629. The standard InChI is InChI=1S/C5H8F4N2.2ClH/c6-4(7)1-3(11,2-10)5(4,8)9;;/h1-2,10-11H2;2*1H. The third kappa shape index (κ3) is 1.72. The van der Waals surface area contributed by atoms with Gasteiger partial charge in [-0.2, -0.15) is 17.6 Å². The summed E-state index contributed by atoms with van der Waals surface area (Å²) in [6, 6.07) is 0. The number of hydrogen-bond acceptors (Lipinski definition) is 2. The fraction of sp³-hybridized carbons (Fsp3) is 1.00. The van der Waals surface area contributed by atoms with Gasteiger partial charge in [-0.05, 0) is 0 Å². The zero-order chi connectivity index (χ0) is 8.91. The first-order chi connectivity index (χ1) is 4.77. The predicted octanol–water partition coefficient (Wildman–Crippen LogP) is 1.16. The molecule has 13 heavy (non-hydrogen) atoms. The summed E-state index contributed by atoms with van der Waals surface area (Å²) < 4.78 is 49.0. The van der Waals surface area contributed by atoms with Crippen molar-refractivity contribution in [1.29, 1.82) is 0 Å². The highest BCUT2D eigenvalue weighted by molar-refractivity contribution is 5.85. The van der Waals surface area contributed by atoms with Gasteiger partial charge in [0.05, 0.1) is 0 Å². The van der Waals surface area contributed by atoms with Crippen LogP contribution in [0.15, 0.2) is 0 Å². The van der Waals surface area contributed by atoms with Crippen molar-refractivity contribution in [3.8, 4) is 0 Å². The van der Waals surface area contributed by atoms with Crippen LogP contribution in [0.25, 0.3) is 0 Å². The second-order valence-corrected chi connectivity index (χ2v) is 2.82. The molecule has 1 fully saturated rings. The van der Waals surface area contributed by atoms with Gasteiger partial charge < -0.3 is 11.5 Å². The normalized spacial score (nSPS) is 33.7. The number of rotatable bonds is 1. The van der Waals surface area contributed by atoms with E-state index in [9.17, 15) is 17.6 Å². The Morgan fingerprint density at radius 1 is 1.08 bits per heavy atom. The average molecular weight is 245 g/mol. The van der Waals surface area contributed by atoms with Crippen LogP contribution >= 0.6 is 24.8 Å². The van der Waals surface area contributed by atoms with Crippen LogP contribution in [0.4, 0.5) is 17.6 Å². The Labute approximate surface area is 84.8 Å². The van der Waals surface area contributed by atoms with E-state index in [2.05, 4.69) is 0 Å². The Balaban J connectivity index is 0. The lowest BCUT2D eigenvalue weighted by Gasteiger charge is -2.50. The third-order valence-corrected chi connectivity index (χ3v) is 1.99. The van der Waals surface area contributed by atoms with E-state index in [4.69, 9.17) is 11.5 Å². The van der Waals surface area contributed by atoms with Crippen LogP contribution in [0.2, 0.25) is 0 Å². The maximum atomic E-state index is 12.4. The zero-order valence-electron chi connectivity index (χ0n) is 6.40. The molecule has 0 heterocycles. The number of hydrogen-bond donors (Lipinski definition) is 2. The number of alkyl halides is 4. The van der Waals surface area contributed by atoms with Crippen molar-refractivity contribution in [3.05, 3.63) is 0 Å². The van der Waals surface area contributed by atoms with Gasteiger partial charge in [-0.1, -0.05) is 0 Å². The zero-order valence-corrected chi connectivity index (χ0v) is 8.03. The lowest BCUT2D eigenvalue weighted by molar-refractivity contribution is -0.319. The second kappa shape index (κ2) is 3.76. The summed E-state index contributed by atoms with van der Waals surface area (Å²) >= 11 is 0. The Kier molecular flexibility index (Phi) is 4.54. The Morgan fingerprint density at radius 3 is 1.54 bits per heavy atom. The maximum absolute atomic E-state index is 12.4. The molecule has 4 N–H and O–H groups in total. The van der Waals surface area contributed by atoms with Crippen LogP contribution in [0.1, 0.15) is 6.42 Å². The molecule has 1 saturated carbocycles. The van der Waals surface area contributed by atoms with E-state index < -0.39 is 30.3 Å². The minimum atomic E-state index is -4.16. The number of halogens is 6. The van der Waals surface area contributed by atoms with Crippen molar-refractivity contribution in [2.75, 3.05) is 6.54 Å². The lowest BCUT2D eigenvalue weighted by atomic mass is 9.70. The first-order valence-corrected chi connectivity index (χ1v) is 3.01. The van der Waals surface area contributed by atoms with Gasteiger partial charge in [-0.3, -0.25) is 0 Å². The van der Waals surface area contributed by atoms with Crippen molar-refractivity contribution in [3.63, 3.8) is 0 Å². The predicted molar refractivity (Wildman–Crippen MR) is 45.0 cm³/mol. The average Bonchev–Trinajstić information content (AvgIpc) is 1.86. The van der Waals surface area contributed by atoms with Gasteiger partial charge in [0, 0.05) is 13.0 Å². The van der Waals surface area contributed by atoms with Crippen LogP contribution in [0.3, 0.4) is 0 Å². The molecule has 0 spiro atoms.